The number of anilines is 2. The third-order valence-electron chi connectivity index (χ3n) is 4.59. The van der Waals surface area contributed by atoms with E-state index in [4.69, 9.17) is 0 Å². The van der Waals surface area contributed by atoms with Crippen LogP contribution in [-0.2, 0) is 0 Å². The number of hydrogen-bond acceptors (Lipinski definition) is 4. The van der Waals surface area contributed by atoms with E-state index in [1.807, 2.05) is 40.1 Å². The Kier molecular flexibility index (Phi) is 4.88. The fourth-order valence-electron chi connectivity index (χ4n) is 3.08. The van der Waals surface area contributed by atoms with Gasteiger partial charge in [-0.25, -0.2) is 23.5 Å². The summed E-state index contributed by atoms with van der Waals surface area (Å²) in [4.78, 5) is 24.5. The number of benzene rings is 1. The van der Waals surface area contributed by atoms with Crippen molar-refractivity contribution in [1.82, 2.24) is 19.4 Å². The van der Waals surface area contributed by atoms with E-state index in [0.717, 1.165) is 23.8 Å². The van der Waals surface area contributed by atoms with E-state index in [2.05, 4.69) is 15.3 Å². The quantitative estimate of drug-likeness (QED) is 0.754. The molecule has 9 heteroatoms. The summed E-state index contributed by atoms with van der Waals surface area (Å²) in [5.74, 6) is -0.0832. The molecule has 0 saturated carbocycles. The monoisotopic (exact) mass is 384 g/mol. The molecule has 28 heavy (non-hydrogen) atoms. The van der Waals surface area contributed by atoms with Crippen LogP contribution >= 0.6 is 0 Å². The van der Waals surface area contributed by atoms with Gasteiger partial charge >= 0.3 is 6.03 Å². The molecule has 0 spiro atoms. The molecule has 3 aromatic rings. The lowest BCUT2D eigenvalue weighted by Crippen LogP contribution is -2.50. The number of hydrogen-bond donors (Lipinski definition) is 1. The number of rotatable bonds is 3. The molecule has 3 heterocycles. The van der Waals surface area contributed by atoms with Gasteiger partial charge in [0.2, 0.25) is 0 Å². The SMILES string of the molecule is O=C(Nc1c(F)cccc1F)N1CCN(c2cc(-n3cccc3)ncn2)CC1. The minimum absolute atomic E-state index is 0.408. The zero-order valence-electron chi connectivity index (χ0n) is 14.9. The number of aromatic nitrogens is 3. The second-order valence-corrected chi connectivity index (χ2v) is 6.33. The van der Waals surface area contributed by atoms with E-state index in [0.29, 0.717) is 26.2 Å². The summed E-state index contributed by atoms with van der Waals surface area (Å²) in [6.07, 6.45) is 5.30. The first-order chi connectivity index (χ1) is 13.6. The predicted octanol–water partition coefficient (Wildman–Crippen LogP) is 2.90. The van der Waals surface area contributed by atoms with Crippen LogP contribution in [0.4, 0.5) is 25.1 Å². The molecule has 0 aliphatic carbocycles. The molecule has 2 aromatic heterocycles. The Balaban J connectivity index is 1.40. The van der Waals surface area contributed by atoms with Crippen molar-refractivity contribution in [2.24, 2.45) is 0 Å². The second kappa shape index (κ2) is 7.63. The van der Waals surface area contributed by atoms with Gasteiger partial charge in [0.05, 0.1) is 0 Å². The third kappa shape index (κ3) is 3.64. The molecular formula is C19H18F2N6O. The van der Waals surface area contributed by atoms with Crippen molar-refractivity contribution < 1.29 is 13.6 Å². The number of carbonyl (C=O) groups is 1. The lowest BCUT2D eigenvalue weighted by Gasteiger charge is -2.35. The fraction of sp³-hybridized carbons (Fsp3) is 0.211. The van der Waals surface area contributed by atoms with E-state index in [1.165, 1.54) is 17.3 Å². The van der Waals surface area contributed by atoms with E-state index < -0.39 is 23.4 Å². The molecule has 1 aliphatic rings. The number of nitrogens with zero attached hydrogens (tertiary/aromatic N) is 5. The fourth-order valence-corrected chi connectivity index (χ4v) is 3.08. The van der Waals surface area contributed by atoms with Crippen molar-refractivity contribution in [3.05, 3.63) is 66.8 Å². The highest BCUT2D eigenvalue weighted by Gasteiger charge is 2.23. The summed E-state index contributed by atoms with van der Waals surface area (Å²) in [5.41, 5.74) is -0.429. The highest BCUT2D eigenvalue weighted by molar-refractivity contribution is 5.89. The van der Waals surface area contributed by atoms with Crippen LogP contribution in [0.2, 0.25) is 0 Å². The minimum atomic E-state index is -0.800. The Labute approximate surface area is 160 Å². The maximum Gasteiger partial charge on any atom is 0.322 e. The maximum absolute atomic E-state index is 13.7. The van der Waals surface area contributed by atoms with E-state index in [1.54, 1.807) is 0 Å². The molecule has 0 unspecified atom stereocenters. The molecule has 0 atom stereocenters. The molecule has 1 fully saturated rings. The normalized spacial score (nSPS) is 14.2. The first-order valence-electron chi connectivity index (χ1n) is 8.82. The number of piperazine rings is 1. The first kappa shape index (κ1) is 17.9. The van der Waals surface area contributed by atoms with Gasteiger partial charge in [-0.05, 0) is 24.3 Å². The predicted molar refractivity (Wildman–Crippen MR) is 101 cm³/mol. The van der Waals surface area contributed by atoms with Crippen molar-refractivity contribution in [2.75, 3.05) is 36.4 Å². The van der Waals surface area contributed by atoms with Crippen molar-refractivity contribution in [3.8, 4) is 5.82 Å². The Hall–Kier alpha value is -3.49. The van der Waals surface area contributed by atoms with E-state index in [9.17, 15) is 13.6 Å². The van der Waals surface area contributed by atoms with Gasteiger partial charge in [-0.2, -0.15) is 0 Å². The average molecular weight is 384 g/mol. The zero-order valence-corrected chi connectivity index (χ0v) is 14.9. The summed E-state index contributed by atoms with van der Waals surface area (Å²) in [6.45, 7) is 1.92. The van der Waals surface area contributed by atoms with Crippen LogP contribution in [0.5, 0.6) is 0 Å². The topological polar surface area (TPSA) is 66.3 Å². The van der Waals surface area contributed by atoms with Crippen LogP contribution in [0, 0.1) is 11.6 Å². The van der Waals surface area contributed by atoms with Crippen LogP contribution in [0.15, 0.2) is 55.1 Å². The molecular weight excluding hydrogens is 366 g/mol. The smallest absolute Gasteiger partial charge is 0.322 e. The van der Waals surface area contributed by atoms with E-state index in [-0.39, 0.29) is 0 Å². The summed E-state index contributed by atoms with van der Waals surface area (Å²) >= 11 is 0. The number of para-hydroxylation sites is 1. The Morgan fingerprint density at radius 3 is 2.25 bits per heavy atom. The molecule has 1 N–H and O–H groups in total. The molecule has 0 bridgehead atoms. The molecule has 4 rings (SSSR count). The average Bonchev–Trinajstić information content (AvgIpc) is 3.26. The van der Waals surface area contributed by atoms with Crippen molar-refractivity contribution in [1.29, 1.82) is 0 Å². The molecule has 2 amide bonds. The Morgan fingerprint density at radius 1 is 0.929 bits per heavy atom. The van der Waals surface area contributed by atoms with Gasteiger partial charge in [0.25, 0.3) is 0 Å². The van der Waals surface area contributed by atoms with Gasteiger partial charge in [-0.15, -0.1) is 0 Å². The summed E-state index contributed by atoms with van der Waals surface area (Å²) in [5, 5.41) is 2.32. The van der Waals surface area contributed by atoms with Gasteiger partial charge in [0.1, 0.15) is 35.3 Å². The van der Waals surface area contributed by atoms with Gasteiger partial charge in [-0.3, -0.25) is 0 Å². The largest absolute Gasteiger partial charge is 0.353 e. The lowest BCUT2D eigenvalue weighted by molar-refractivity contribution is 0.208. The summed E-state index contributed by atoms with van der Waals surface area (Å²) in [6, 6.07) is 8.64. The van der Waals surface area contributed by atoms with Crippen molar-refractivity contribution in [2.45, 2.75) is 0 Å². The zero-order chi connectivity index (χ0) is 19.5. The first-order valence-corrected chi connectivity index (χ1v) is 8.82. The number of halogens is 2. The van der Waals surface area contributed by atoms with Crippen LogP contribution in [-0.4, -0.2) is 51.6 Å². The summed E-state index contributed by atoms with van der Waals surface area (Å²) in [7, 11) is 0. The summed E-state index contributed by atoms with van der Waals surface area (Å²) < 4.78 is 29.3. The molecule has 1 aromatic carbocycles. The molecule has 1 saturated heterocycles. The highest BCUT2D eigenvalue weighted by atomic mass is 19.1. The number of nitrogens with one attached hydrogen (secondary N) is 1. The van der Waals surface area contributed by atoms with Crippen LogP contribution in [0.1, 0.15) is 0 Å². The molecule has 0 radical (unpaired) electrons. The highest BCUT2D eigenvalue weighted by Crippen LogP contribution is 2.20. The Morgan fingerprint density at radius 2 is 1.57 bits per heavy atom. The van der Waals surface area contributed by atoms with Crippen molar-refractivity contribution in [3.63, 3.8) is 0 Å². The minimum Gasteiger partial charge on any atom is -0.353 e. The number of amides is 2. The standard InChI is InChI=1S/C19H18F2N6O/c20-14-4-3-5-15(21)18(14)24-19(28)27-10-8-26(9-11-27)17-12-16(22-13-23-17)25-6-1-2-7-25/h1-7,12-13H,8-11H2,(H,24,28). The van der Waals surface area contributed by atoms with E-state index >= 15 is 0 Å². The lowest BCUT2D eigenvalue weighted by atomic mass is 10.3. The molecule has 144 valence electrons. The third-order valence-corrected chi connectivity index (χ3v) is 4.59. The number of urea groups is 1. The van der Waals surface area contributed by atoms with Crippen LogP contribution in [0.25, 0.3) is 5.82 Å². The van der Waals surface area contributed by atoms with Gasteiger partial charge in [0.15, 0.2) is 0 Å². The molecule has 1 aliphatic heterocycles. The van der Waals surface area contributed by atoms with Crippen LogP contribution in [0.3, 0.4) is 0 Å². The Bertz CT molecular complexity index is 950. The second-order valence-electron chi connectivity index (χ2n) is 6.33. The van der Waals surface area contributed by atoms with Gasteiger partial charge in [-0.1, -0.05) is 6.07 Å². The number of carbonyl (C=O) groups excluding carboxylic acids is 1. The maximum atomic E-state index is 13.7. The van der Waals surface area contributed by atoms with Gasteiger partial charge < -0.3 is 19.7 Å². The van der Waals surface area contributed by atoms with Gasteiger partial charge in [0, 0.05) is 44.6 Å². The van der Waals surface area contributed by atoms with Crippen molar-refractivity contribution >= 4 is 17.5 Å². The molecule has 7 nitrogen and oxygen atoms in total. The van der Waals surface area contributed by atoms with Crippen LogP contribution < -0.4 is 10.2 Å².